The highest BCUT2D eigenvalue weighted by Crippen LogP contribution is 2.28. The van der Waals surface area contributed by atoms with Gasteiger partial charge in [0, 0.05) is 26.3 Å². The Morgan fingerprint density at radius 3 is 2.55 bits per heavy atom. The molecule has 1 aromatic heterocycles. The number of aliphatic hydroxyl groups is 1. The second-order valence-electron chi connectivity index (χ2n) is 4.28. The zero-order valence-corrected chi connectivity index (χ0v) is 11.1. The van der Waals surface area contributed by atoms with E-state index in [1.54, 1.807) is 11.9 Å². The number of hydrazine groups is 1. The average Bonchev–Trinajstić information content (AvgIpc) is 2.41. The van der Waals surface area contributed by atoms with Crippen LogP contribution in [-0.4, -0.2) is 35.3 Å². The third kappa shape index (κ3) is 4.82. The molecule has 114 valence electrons. The molecule has 0 amide bonds. The first-order valence-corrected chi connectivity index (χ1v) is 6.13. The van der Waals surface area contributed by atoms with E-state index in [1.165, 1.54) is 6.07 Å². The number of hydrogen-bond acceptors (Lipinski definition) is 6. The van der Waals surface area contributed by atoms with Crippen molar-refractivity contribution in [2.24, 2.45) is 5.84 Å². The van der Waals surface area contributed by atoms with Crippen molar-refractivity contribution in [2.45, 2.75) is 25.4 Å². The normalized spacial score (nSPS) is 11.5. The van der Waals surface area contributed by atoms with E-state index < -0.39 is 12.0 Å². The Labute approximate surface area is 114 Å². The fourth-order valence-corrected chi connectivity index (χ4v) is 1.58. The molecule has 0 saturated heterocycles. The fraction of sp³-hybridized carbons (Fsp3) is 0.636. The molecule has 0 aliphatic carbocycles. The maximum atomic E-state index is 12.7. The Hall–Kier alpha value is -1.61. The lowest BCUT2D eigenvalue weighted by molar-refractivity contribution is -0.144. The zero-order valence-electron chi connectivity index (χ0n) is 11.1. The summed E-state index contributed by atoms with van der Waals surface area (Å²) in [5.41, 5.74) is 2.10. The van der Waals surface area contributed by atoms with Crippen LogP contribution in [0.3, 0.4) is 0 Å². The molecule has 0 radical (unpaired) electrons. The van der Waals surface area contributed by atoms with Gasteiger partial charge in [0.15, 0.2) is 0 Å². The van der Waals surface area contributed by atoms with E-state index in [2.05, 4.69) is 15.4 Å². The first-order valence-electron chi connectivity index (χ1n) is 6.13. The number of alkyl halides is 3. The fourth-order valence-electron chi connectivity index (χ4n) is 1.58. The zero-order chi connectivity index (χ0) is 15.2. The second-order valence-corrected chi connectivity index (χ2v) is 4.28. The van der Waals surface area contributed by atoms with Gasteiger partial charge in [-0.15, -0.1) is 0 Å². The molecule has 0 spiro atoms. The number of hydrogen-bond donors (Lipinski definition) is 3. The van der Waals surface area contributed by atoms with Gasteiger partial charge >= 0.3 is 6.18 Å². The summed E-state index contributed by atoms with van der Waals surface area (Å²) in [6.07, 6.45) is -2.42. The molecule has 20 heavy (non-hydrogen) atoms. The smallest absolute Gasteiger partial charge is 0.396 e. The minimum absolute atomic E-state index is 0.0930. The monoisotopic (exact) mass is 293 g/mol. The van der Waals surface area contributed by atoms with E-state index in [0.717, 1.165) is 12.8 Å². The summed E-state index contributed by atoms with van der Waals surface area (Å²) in [4.78, 5) is 8.37. The van der Waals surface area contributed by atoms with Crippen molar-refractivity contribution in [1.82, 2.24) is 9.97 Å². The maximum absolute atomic E-state index is 12.7. The highest BCUT2D eigenvalue weighted by Gasteiger charge is 2.35. The predicted molar refractivity (Wildman–Crippen MR) is 69.1 cm³/mol. The Balaban J connectivity index is 2.82. The van der Waals surface area contributed by atoms with Crippen LogP contribution >= 0.6 is 0 Å². The molecule has 1 rings (SSSR count). The van der Waals surface area contributed by atoms with Gasteiger partial charge in [0.05, 0.1) is 0 Å². The molecule has 9 heteroatoms. The van der Waals surface area contributed by atoms with Crippen molar-refractivity contribution in [3.05, 3.63) is 11.9 Å². The summed E-state index contributed by atoms with van der Waals surface area (Å²) in [5, 5.41) is 8.66. The third-order valence-corrected chi connectivity index (χ3v) is 2.66. The Morgan fingerprint density at radius 2 is 2.00 bits per heavy atom. The number of halogens is 3. The second kappa shape index (κ2) is 7.25. The molecule has 6 nitrogen and oxygen atoms in total. The van der Waals surface area contributed by atoms with Gasteiger partial charge in [-0.05, 0) is 19.3 Å². The van der Waals surface area contributed by atoms with Crippen molar-refractivity contribution >= 4 is 11.6 Å². The van der Waals surface area contributed by atoms with Gasteiger partial charge in [-0.2, -0.15) is 13.2 Å². The molecule has 0 fully saturated rings. The van der Waals surface area contributed by atoms with Gasteiger partial charge in [0.25, 0.3) is 0 Å². The molecular formula is C11H18F3N5O. The topological polar surface area (TPSA) is 87.3 Å². The molecule has 0 aliphatic rings. The van der Waals surface area contributed by atoms with Crippen LogP contribution in [0.4, 0.5) is 24.8 Å². The molecule has 0 aromatic carbocycles. The number of unbranched alkanes of at least 4 members (excludes halogenated alkanes) is 2. The number of nitrogen functional groups attached to an aromatic ring is 1. The lowest BCUT2D eigenvalue weighted by Crippen LogP contribution is -2.23. The summed E-state index contributed by atoms with van der Waals surface area (Å²) in [6, 6.07) is 1.35. The van der Waals surface area contributed by atoms with Crippen LogP contribution in [0, 0.1) is 0 Å². The molecule has 0 unspecified atom stereocenters. The summed E-state index contributed by atoms with van der Waals surface area (Å²) >= 11 is 0. The van der Waals surface area contributed by atoms with E-state index in [0.29, 0.717) is 13.0 Å². The van der Waals surface area contributed by atoms with Crippen LogP contribution in [0.2, 0.25) is 0 Å². The number of nitrogens with one attached hydrogen (secondary N) is 1. The van der Waals surface area contributed by atoms with Crippen molar-refractivity contribution < 1.29 is 18.3 Å². The van der Waals surface area contributed by atoms with Crippen LogP contribution in [0.5, 0.6) is 0 Å². The van der Waals surface area contributed by atoms with Crippen LogP contribution in [0.15, 0.2) is 6.07 Å². The number of nitrogens with zero attached hydrogens (tertiary/aromatic N) is 3. The minimum atomic E-state index is -4.63. The first kappa shape index (κ1) is 16.4. The molecule has 4 N–H and O–H groups in total. The molecule has 1 heterocycles. The maximum Gasteiger partial charge on any atom is 0.451 e. The molecule has 1 aromatic rings. The lowest BCUT2D eigenvalue weighted by Gasteiger charge is -2.19. The van der Waals surface area contributed by atoms with Crippen molar-refractivity contribution in [2.75, 3.05) is 30.5 Å². The van der Waals surface area contributed by atoms with Gasteiger partial charge in [0.2, 0.25) is 5.82 Å². The molecular weight excluding hydrogens is 275 g/mol. The number of aromatic nitrogens is 2. The minimum Gasteiger partial charge on any atom is -0.396 e. The van der Waals surface area contributed by atoms with Gasteiger partial charge in [-0.3, -0.25) is 0 Å². The number of aliphatic hydroxyl groups excluding tert-OH is 1. The molecule has 0 aliphatic heterocycles. The van der Waals surface area contributed by atoms with Crippen LogP contribution in [-0.2, 0) is 6.18 Å². The summed E-state index contributed by atoms with van der Waals surface area (Å²) < 4.78 is 38.0. The third-order valence-electron chi connectivity index (χ3n) is 2.66. The van der Waals surface area contributed by atoms with E-state index in [-0.39, 0.29) is 18.2 Å². The van der Waals surface area contributed by atoms with E-state index in [9.17, 15) is 13.2 Å². The summed E-state index contributed by atoms with van der Waals surface area (Å²) in [7, 11) is 1.64. The SMILES string of the molecule is CN(CCCCCO)c1cc(NN)nc(C(F)(F)F)n1. The first-order chi connectivity index (χ1) is 9.38. The van der Waals surface area contributed by atoms with Gasteiger partial charge < -0.3 is 15.4 Å². The van der Waals surface area contributed by atoms with Gasteiger partial charge in [-0.25, -0.2) is 15.8 Å². The van der Waals surface area contributed by atoms with E-state index in [4.69, 9.17) is 10.9 Å². The highest BCUT2D eigenvalue weighted by molar-refractivity contribution is 5.48. The van der Waals surface area contributed by atoms with Crippen LogP contribution in [0.1, 0.15) is 25.1 Å². The van der Waals surface area contributed by atoms with Crippen molar-refractivity contribution in [1.29, 1.82) is 0 Å². The van der Waals surface area contributed by atoms with Gasteiger partial charge in [-0.1, -0.05) is 0 Å². The Bertz CT molecular complexity index is 427. The number of rotatable bonds is 7. The highest BCUT2D eigenvalue weighted by atomic mass is 19.4. The molecule has 0 bridgehead atoms. The number of nitrogens with two attached hydrogens (primary N) is 1. The predicted octanol–water partition coefficient (Wildman–Crippen LogP) is 1.38. The lowest BCUT2D eigenvalue weighted by atomic mass is 10.2. The summed E-state index contributed by atoms with van der Waals surface area (Å²) in [6.45, 7) is 0.634. The van der Waals surface area contributed by atoms with Crippen molar-refractivity contribution in [3.8, 4) is 0 Å². The van der Waals surface area contributed by atoms with Crippen LogP contribution < -0.4 is 16.2 Å². The summed E-state index contributed by atoms with van der Waals surface area (Å²) in [5.74, 6) is 3.94. The van der Waals surface area contributed by atoms with Crippen molar-refractivity contribution in [3.63, 3.8) is 0 Å². The largest absolute Gasteiger partial charge is 0.451 e. The van der Waals surface area contributed by atoms with E-state index in [1.807, 2.05) is 0 Å². The Kier molecular flexibility index (Phi) is 5.96. The van der Waals surface area contributed by atoms with Gasteiger partial charge in [0.1, 0.15) is 11.6 Å². The average molecular weight is 293 g/mol. The van der Waals surface area contributed by atoms with Crippen LogP contribution in [0.25, 0.3) is 0 Å². The standard InChI is InChI=1S/C11H18F3N5O/c1-19(5-3-2-4-6-20)9-7-8(18-15)16-10(17-9)11(12,13)14/h7,20H,2-6,15H2,1H3,(H,16,17,18). The molecule has 0 atom stereocenters. The molecule has 0 saturated carbocycles. The quantitative estimate of drug-likeness (QED) is 0.400. The van der Waals surface area contributed by atoms with E-state index >= 15 is 0 Å². The number of anilines is 2. The Morgan fingerprint density at radius 1 is 1.30 bits per heavy atom.